The van der Waals surface area contributed by atoms with Gasteiger partial charge in [-0.25, -0.2) is 4.98 Å². The van der Waals surface area contributed by atoms with E-state index in [0.29, 0.717) is 18.0 Å². The van der Waals surface area contributed by atoms with Crippen molar-refractivity contribution in [2.24, 2.45) is 7.05 Å². The fraction of sp³-hybridized carbons (Fsp3) is 0.375. The molecule has 0 spiro atoms. The smallest absolute Gasteiger partial charge is 0.411 e. The van der Waals surface area contributed by atoms with Crippen LogP contribution < -0.4 is 10.1 Å². The summed E-state index contributed by atoms with van der Waals surface area (Å²) in [6, 6.07) is 6.64. The molecule has 1 N–H and O–H groups in total. The number of aryl methyl sites for hydroxylation is 1. The highest BCUT2D eigenvalue weighted by atomic mass is 19.4. The van der Waals surface area contributed by atoms with E-state index in [2.05, 4.69) is 15.0 Å². The van der Waals surface area contributed by atoms with Gasteiger partial charge in [-0.2, -0.15) is 13.2 Å². The number of hydrogen-bond acceptors (Lipinski definition) is 4. The van der Waals surface area contributed by atoms with E-state index in [9.17, 15) is 18.0 Å². The zero-order valence-electron chi connectivity index (χ0n) is 13.5. The lowest BCUT2D eigenvalue weighted by molar-refractivity contribution is -0.174. The second kappa shape index (κ2) is 8.52. The predicted octanol–water partition coefficient (Wildman–Crippen LogP) is 2.91. The number of carbonyl (C=O) groups excluding carboxylic acids is 1. The van der Waals surface area contributed by atoms with Gasteiger partial charge in [0.15, 0.2) is 0 Å². The van der Waals surface area contributed by atoms with E-state index in [4.69, 9.17) is 4.74 Å². The quantitative estimate of drug-likeness (QED) is 0.738. The first-order valence-corrected chi connectivity index (χ1v) is 7.47. The number of ether oxygens (including phenoxy) is 2. The number of benzene rings is 1. The van der Waals surface area contributed by atoms with Crippen LogP contribution in [-0.2, 0) is 23.2 Å². The minimum atomic E-state index is -4.39. The summed E-state index contributed by atoms with van der Waals surface area (Å²) in [5.74, 6) is 0.953. The van der Waals surface area contributed by atoms with Gasteiger partial charge < -0.3 is 19.4 Å². The molecule has 0 atom stereocenters. The van der Waals surface area contributed by atoms with Crippen molar-refractivity contribution < 1.29 is 27.4 Å². The molecule has 25 heavy (non-hydrogen) atoms. The van der Waals surface area contributed by atoms with E-state index >= 15 is 0 Å². The lowest BCUT2D eigenvalue weighted by Crippen LogP contribution is -2.20. The Labute approximate surface area is 142 Å². The molecule has 2 aromatic rings. The number of rotatable bonds is 8. The van der Waals surface area contributed by atoms with Crippen molar-refractivity contribution in [3.8, 4) is 5.75 Å². The summed E-state index contributed by atoms with van der Waals surface area (Å²) < 4.78 is 47.5. The molecular weight excluding hydrogens is 339 g/mol. The average Bonchev–Trinajstić information content (AvgIpc) is 2.95. The van der Waals surface area contributed by atoms with Crippen molar-refractivity contribution in [3.63, 3.8) is 0 Å². The Morgan fingerprint density at radius 3 is 2.60 bits per heavy atom. The van der Waals surface area contributed by atoms with Crippen molar-refractivity contribution in [2.45, 2.75) is 19.2 Å². The lowest BCUT2D eigenvalue weighted by atomic mass is 10.3. The highest BCUT2D eigenvalue weighted by Gasteiger charge is 2.27. The van der Waals surface area contributed by atoms with Crippen LogP contribution in [0.4, 0.5) is 18.9 Å². The zero-order chi connectivity index (χ0) is 18.3. The Hall–Kier alpha value is -2.55. The molecule has 1 aromatic carbocycles. The van der Waals surface area contributed by atoms with E-state index < -0.39 is 18.7 Å². The number of halogens is 3. The molecule has 9 heteroatoms. The van der Waals surface area contributed by atoms with Crippen LogP contribution in [0, 0.1) is 0 Å². The summed E-state index contributed by atoms with van der Waals surface area (Å²) in [5.41, 5.74) is 0.519. The van der Waals surface area contributed by atoms with Gasteiger partial charge in [-0.15, -0.1) is 0 Å². The third-order valence-electron chi connectivity index (χ3n) is 3.17. The Balaban J connectivity index is 1.72. The fourth-order valence-electron chi connectivity index (χ4n) is 1.89. The molecule has 0 saturated heterocycles. The van der Waals surface area contributed by atoms with Crippen LogP contribution in [-0.4, -0.2) is 34.8 Å². The minimum absolute atomic E-state index is 0.159. The van der Waals surface area contributed by atoms with Crippen LogP contribution in [0.1, 0.15) is 12.2 Å². The van der Waals surface area contributed by atoms with Crippen molar-refractivity contribution in [1.82, 2.24) is 9.55 Å². The SMILES string of the molecule is Cn1ccnc1COc1ccc(NC(=O)CCOCC(F)(F)F)cc1. The summed E-state index contributed by atoms with van der Waals surface area (Å²) in [6.07, 6.45) is -1.06. The van der Waals surface area contributed by atoms with Gasteiger partial charge in [0.25, 0.3) is 0 Å². The zero-order valence-corrected chi connectivity index (χ0v) is 13.5. The Morgan fingerprint density at radius 1 is 1.28 bits per heavy atom. The normalized spacial score (nSPS) is 11.4. The highest BCUT2D eigenvalue weighted by Crippen LogP contribution is 2.17. The minimum Gasteiger partial charge on any atom is -0.486 e. The van der Waals surface area contributed by atoms with Crippen molar-refractivity contribution in [1.29, 1.82) is 0 Å². The largest absolute Gasteiger partial charge is 0.486 e. The molecule has 0 unspecified atom stereocenters. The van der Waals surface area contributed by atoms with Crippen molar-refractivity contribution in [2.75, 3.05) is 18.5 Å². The maximum atomic E-state index is 11.9. The first kappa shape index (κ1) is 18.8. The van der Waals surface area contributed by atoms with Crippen LogP contribution in [0.15, 0.2) is 36.7 Å². The number of aromatic nitrogens is 2. The van der Waals surface area contributed by atoms with E-state index in [0.717, 1.165) is 5.82 Å². The molecule has 2 rings (SSSR count). The summed E-state index contributed by atoms with van der Waals surface area (Å²) in [4.78, 5) is 15.8. The van der Waals surface area contributed by atoms with E-state index in [1.165, 1.54) is 0 Å². The summed E-state index contributed by atoms with van der Waals surface area (Å²) in [5, 5.41) is 2.57. The third-order valence-corrected chi connectivity index (χ3v) is 3.17. The van der Waals surface area contributed by atoms with E-state index in [1.54, 1.807) is 30.5 Å². The average molecular weight is 357 g/mol. The number of hydrogen-bond donors (Lipinski definition) is 1. The molecule has 1 aromatic heterocycles. The molecule has 1 amide bonds. The molecule has 0 bridgehead atoms. The van der Waals surface area contributed by atoms with Gasteiger partial charge in [0.2, 0.25) is 5.91 Å². The molecule has 0 aliphatic carbocycles. The third kappa shape index (κ3) is 6.84. The molecule has 0 saturated carbocycles. The number of nitrogens with zero attached hydrogens (tertiary/aromatic N) is 2. The van der Waals surface area contributed by atoms with E-state index in [-0.39, 0.29) is 13.0 Å². The molecule has 0 aliphatic rings. The van der Waals surface area contributed by atoms with Gasteiger partial charge in [0, 0.05) is 25.1 Å². The molecule has 6 nitrogen and oxygen atoms in total. The van der Waals surface area contributed by atoms with Gasteiger partial charge >= 0.3 is 6.18 Å². The standard InChI is InChI=1S/C16H18F3N3O3/c1-22-8-7-20-14(22)10-25-13-4-2-12(3-5-13)21-15(23)6-9-24-11-16(17,18)19/h2-5,7-8H,6,9-11H2,1H3,(H,21,23). The van der Waals surface area contributed by atoms with Crippen LogP contribution in [0.5, 0.6) is 5.75 Å². The Bertz CT molecular complexity index is 684. The van der Waals surface area contributed by atoms with Gasteiger partial charge in [-0.1, -0.05) is 0 Å². The number of anilines is 1. The second-order valence-electron chi connectivity index (χ2n) is 5.23. The summed E-state index contributed by atoms with van der Waals surface area (Å²) in [6.45, 7) is -1.34. The van der Waals surface area contributed by atoms with Crippen molar-refractivity contribution in [3.05, 3.63) is 42.5 Å². The maximum absolute atomic E-state index is 11.9. The van der Waals surface area contributed by atoms with Gasteiger partial charge in [0.1, 0.15) is 24.8 Å². The topological polar surface area (TPSA) is 65.4 Å². The number of nitrogens with one attached hydrogen (secondary N) is 1. The van der Waals surface area contributed by atoms with E-state index in [1.807, 2.05) is 17.8 Å². The fourth-order valence-corrected chi connectivity index (χ4v) is 1.89. The Kier molecular flexibility index (Phi) is 6.40. The monoisotopic (exact) mass is 357 g/mol. The molecule has 136 valence electrons. The number of amides is 1. The number of alkyl halides is 3. The maximum Gasteiger partial charge on any atom is 0.411 e. The van der Waals surface area contributed by atoms with Crippen LogP contribution in [0.25, 0.3) is 0 Å². The first-order chi connectivity index (χ1) is 11.8. The van der Waals surface area contributed by atoms with Crippen LogP contribution in [0.3, 0.4) is 0 Å². The lowest BCUT2D eigenvalue weighted by Gasteiger charge is -2.09. The van der Waals surface area contributed by atoms with Crippen LogP contribution in [0.2, 0.25) is 0 Å². The summed E-state index contributed by atoms with van der Waals surface area (Å²) in [7, 11) is 1.86. The van der Waals surface area contributed by atoms with Gasteiger partial charge in [-0.05, 0) is 24.3 Å². The first-order valence-electron chi connectivity index (χ1n) is 7.47. The molecular formula is C16H18F3N3O3. The Morgan fingerprint density at radius 2 is 2.00 bits per heavy atom. The number of carbonyl (C=O) groups is 1. The summed E-state index contributed by atoms with van der Waals surface area (Å²) >= 11 is 0. The number of imidazole rings is 1. The highest BCUT2D eigenvalue weighted by molar-refractivity contribution is 5.90. The van der Waals surface area contributed by atoms with Gasteiger partial charge in [-0.3, -0.25) is 4.79 Å². The predicted molar refractivity (Wildman–Crippen MR) is 84.1 cm³/mol. The molecule has 0 fully saturated rings. The van der Waals surface area contributed by atoms with Crippen LogP contribution >= 0.6 is 0 Å². The van der Waals surface area contributed by atoms with Crippen molar-refractivity contribution >= 4 is 11.6 Å². The second-order valence-corrected chi connectivity index (χ2v) is 5.23. The van der Waals surface area contributed by atoms with Gasteiger partial charge in [0.05, 0.1) is 13.0 Å². The molecule has 0 radical (unpaired) electrons. The molecule has 1 heterocycles. The molecule has 0 aliphatic heterocycles.